The largest absolute Gasteiger partial charge is 0.494 e. The molecule has 0 aliphatic heterocycles. The van der Waals surface area contributed by atoms with Crippen molar-refractivity contribution >= 4 is 5.69 Å². The van der Waals surface area contributed by atoms with Gasteiger partial charge in [-0.05, 0) is 12.5 Å². The van der Waals surface area contributed by atoms with Crippen molar-refractivity contribution in [1.82, 2.24) is 15.0 Å². The number of nitrogens with zero attached hydrogens (tertiary/aromatic N) is 4. The number of hydrogen-bond donors (Lipinski definition) is 1. The molecule has 0 bridgehead atoms. The molecule has 0 saturated heterocycles. The maximum Gasteiger partial charge on any atom is 0.273 e. The number of benzene rings is 1. The first kappa shape index (κ1) is 14.9. The van der Waals surface area contributed by atoms with E-state index in [-0.39, 0.29) is 11.7 Å². The zero-order valence-corrected chi connectivity index (χ0v) is 11.9. The van der Waals surface area contributed by atoms with Crippen molar-refractivity contribution in [3.05, 3.63) is 40.2 Å². The number of non-ortho nitro benzene ring substituents is 1. The van der Waals surface area contributed by atoms with Crippen LogP contribution in [0.1, 0.15) is 31.5 Å². The molecule has 0 saturated carbocycles. The highest BCUT2D eigenvalue weighted by Crippen LogP contribution is 2.27. The van der Waals surface area contributed by atoms with E-state index in [9.17, 15) is 10.1 Å². The van der Waals surface area contributed by atoms with Crippen molar-refractivity contribution in [3.63, 3.8) is 0 Å². The average molecular weight is 291 g/mol. The van der Waals surface area contributed by atoms with Crippen LogP contribution < -0.4 is 10.5 Å². The topological polar surface area (TPSA) is 109 Å². The molecule has 0 amide bonds. The minimum atomic E-state index is -0.476. The third kappa shape index (κ3) is 3.16. The molecular weight excluding hydrogens is 274 g/mol. The molecular formula is C13H17N5O3. The first-order valence-corrected chi connectivity index (χ1v) is 6.57. The van der Waals surface area contributed by atoms with Crippen LogP contribution in [0.25, 0.3) is 5.69 Å². The molecule has 1 aromatic carbocycles. The Morgan fingerprint density at radius 2 is 2.29 bits per heavy atom. The van der Waals surface area contributed by atoms with Crippen LogP contribution in [0.4, 0.5) is 5.69 Å². The summed E-state index contributed by atoms with van der Waals surface area (Å²) in [4.78, 5) is 10.3. The van der Waals surface area contributed by atoms with Crippen LogP contribution in [0, 0.1) is 10.1 Å². The molecule has 2 rings (SSSR count). The lowest BCUT2D eigenvalue weighted by molar-refractivity contribution is -0.384. The number of aromatic nitrogens is 3. The number of hydrogen-bond acceptors (Lipinski definition) is 6. The summed E-state index contributed by atoms with van der Waals surface area (Å²) >= 11 is 0. The fourth-order valence-corrected chi connectivity index (χ4v) is 1.99. The average Bonchev–Trinajstić information content (AvgIpc) is 2.96. The van der Waals surface area contributed by atoms with E-state index in [2.05, 4.69) is 10.3 Å². The summed E-state index contributed by atoms with van der Waals surface area (Å²) in [7, 11) is 1.45. The quantitative estimate of drug-likeness (QED) is 0.643. The molecule has 21 heavy (non-hydrogen) atoms. The van der Waals surface area contributed by atoms with Gasteiger partial charge < -0.3 is 10.5 Å². The standard InChI is InChI=1S/C13H17N5O3/c1-3-4-10(14)11-8-17(16-15-11)12-6-5-9(18(19)20)7-13(12)21-2/h5-8,10H,3-4,14H2,1-2H3. The number of methoxy groups -OCH3 is 1. The predicted octanol–water partition coefficient (Wildman–Crippen LogP) is 1.98. The fourth-order valence-electron chi connectivity index (χ4n) is 1.99. The van der Waals surface area contributed by atoms with Gasteiger partial charge in [-0.15, -0.1) is 5.10 Å². The highest BCUT2D eigenvalue weighted by atomic mass is 16.6. The Labute approximate surface area is 121 Å². The number of ether oxygens (including phenoxy) is 1. The molecule has 8 nitrogen and oxygen atoms in total. The first-order valence-electron chi connectivity index (χ1n) is 6.57. The highest BCUT2D eigenvalue weighted by Gasteiger charge is 2.15. The zero-order chi connectivity index (χ0) is 15.4. The van der Waals surface area contributed by atoms with Gasteiger partial charge in [-0.1, -0.05) is 18.6 Å². The molecule has 0 fully saturated rings. The number of nitrogens with two attached hydrogens (primary N) is 1. The minimum Gasteiger partial charge on any atom is -0.494 e. The summed E-state index contributed by atoms with van der Waals surface area (Å²) in [6.07, 6.45) is 3.48. The van der Waals surface area contributed by atoms with E-state index < -0.39 is 4.92 Å². The van der Waals surface area contributed by atoms with Gasteiger partial charge in [0.05, 0.1) is 36.0 Å². The third-order valence-electron chi connectivity index (χ3n) is 3.11. The summed E-state index contributed by atoms with van der Waals surface area (Å²) in [6, 6.07) is 4.14. The van der Waals surface area contributed by atoms with E-state index in [0.717, 1.165) is 12.8 Å². The van der Waals surface area contributed by atoms with Gasteiger partial charge in [-0.3, -0.25) is 10.1 Å². The molecule has 112 valence electrons. The third-order valence-corrected chi connectivity index (χ3v) is 3.11. The van der Waals surface area contributed by atoms with Gasteiger partial charge in [0.15, 0.2) is 5.75 Å². The van der Waals surface area contributed by atoms with Crippen molar-refractivity contribution in [3.8, 4) is 11.4 Å². The number of nitro benzene ring substituents is 1. The maximum absolute atomic E-state index is 10.8. The lowest BCUT2D eigenvalue weighted by atomic mass is 10.1. The van der Waals surface area contributed by atoms with Gasteiger partial charge in [-0.25, -0.2) is 4.68 Å². The molecule has 2 N–H and O–H groups in total. The second-order valence-electron chi connectivity index (χ2n) is 4.60. The molecule has 8 heteroatoms. The predicted molar refractivity (Wildman–Crippen MR) is 76.4 cm³/mol. The van der Waals surface area contributed by atoms with Gasteiger partial charge in [0.1, 0.15) is 5.69 Å². The van der Waals surface area contributed by atoms with E-state index in [0.29, 0.717) is 17.1 Å². The van der Waals surface area contributed by atoms with E-state index in [4.69, 9.17) is 10.5 Å². The number of nitro groups is 1. The van der Waals surface area contributed by atoms with E-state index in [1.165, 1.54) is 23.9 Å². The summed E-state index contributed by atoms with van der Waals surface area (Å²) in [5, 5.41) is 18.8. The monoisotopic (exact) mass is 291 g/mol. The van der Waals surface area contributed by atoms with E-state index in [1.807, 2.05) is 6.92 Å². The van der Waals surface area contributed by atoms with Crippen molar-refractivity contribution in [2.24, 2.45) is 5.73 Å². The van der Waals surface area contributed by atoms with Crippen LogP contribution in [-0.2, 0) is 0 Å². The second-order valence-corrected chi connectivity index (χ2v) is 4.60. The second kappa shape index (κ2) is 6.31. The Morgan fingerprint density at radius 1 is 1.52 bits per heavy atom. The molecule has 1 unspecified atom stereocenters. The summed E-state index contributed by atoms with van der Waals surface area (Å²) in [5.74, 6) is 0.352. The molecule has 2 aromatic rings. The van der Waals surface area contributed by atoms with Crippen LogP contribution in [-0.4, -0.2) is 27.0 Å². The highest BCUT2D eigenvalue weighted by molar-refractivity contribution is 5.52. The first-order chi connectivity index (χ1) is 10.1. The Morgan fingerprint density at radius 3 is 2.90 bits per heavy atom. The van der Waals surface area contributed by atoms with Gasteiger partial charge in [0.2, 0.25) is 0 Å². The smallest absolute Gasteiger partial charge is 0.273 e. The van der Waals surface area contributed by atoms with Gasteiger partial charge in [0.25, 0.3) is 5.69 Å². The Balaban J connectivity index is 2.35. The Kier molecular flexibility index (Phi) is 4.49. The molecule has 1 aromatic heterocycles. The van der Waals surface area contributed by atoms with Crippen LogP contribution in [0.3, 0.4) is 0 Å². The van der Waals surface area contributed by atoms with Gasteiger partial charge in [-0.2, -0.15) is 0 Å². The SMILES string of the molecule is CCCC(N)c1cn(-c2ccc([N+](=O)[O-])cc2OC)nn1. The van der Waals surface area contributed by atoms with E-state index in [1.54, 1.807) is 12.3 Å². The van der Waals surface area contributed by atoms with E-state index >= 15 is 0 Å². The Hall–Kier alpha value is -2.48. The minimum absolute atomic E-state index is 0.0429. The maximum atomic E-state index is 10.8. The lowest BCUT2D eigenvalue weighted by Gasteiger charge is -2.07. The van der Waals surface area contributed by atoms with Gasteiger partial charge in [0, 0.05) is 6.07 Å². The molecule has 1 heterocycles. The normalized spacial score (nSPS) is 12.1. The molecule has 0 aliphatic carbocycles. The van der Waals surface area contributed by atoms with Crippen molar-refractivity contribution in [2.45, 2.75) is 25.8 Å². The number of rotatable bonds is 6. The molecule has 0 radical (unpaired) electrons. The van der Waals surface area contributed by atoms with Crippen LogP contribution >= 0.6 is 0 Å². The molecule has 0 aliphatic rings. The van der Waals surface area contributed by atoms with Crippen LogP contribution in [0.5, 0.6) is 5.75 Å². The van der Waals surface area contributed by atoms with Gasteiger partial charge >= 0.3 is 0 Å². The van der Waals surface area contributed by atoms with Crippen LogP contribution in [0.15, 0.2) is 24.4 Å². The Bertz CT molecular complexity index is 640. The fraction of sp³-hybridized carbons (Fsp3) is 0.385. The van der Waals surface area contributed by atoms with Crippen molar-refractivity contribution < 1.29 is 9.66 Å². The van der Waals surface area contributed by atoms with Crippen LogP contribution in [0.2, 0.25) is 0 Å². The van der Waals surface area contributed by atoms with Crippen molar-refractivity contribution in [2.75, 3.05) is 7.11 Å². The lowest BCUT2D eigenvalue weighted by Crippen LogP contribution is -2.10. The molecule has 1 atom stereocenters. The summed E-state index contributed by atoms with van der Waals surface area (Å²) in [5.41, 5.74) is 7.20. The zero-order valence-electron chi connectivity index (χ0n) is 11.9. The summed E-state index contributed by atoms with van der Waals surface area (Å²) in [6.45, 7) is 2.05. The molecule has 0 spiro atoms. The van der Waals surface area contributed by atoms with Crippen molar-refractivity contribution in [1.29, 1.82) is 0 Å². The summed E-state index contributed by atoms with van der Waals surface area (Å²) < 4.78 is 6.69.